The third kappa shape index (κ3) is 3.38. The van der Waals surface area contributed by atoms with Crippen molar-refractivity contribution in [3.05, 3.63) is 6.54 Å². The molecule has 1 N–H and O–H groups in total. The first kappa shape index (κ1) is 9.76. The summed E-state index contributed by atoms with van der Waals surface area (Å²) in [6.07, 6.45) is -5.52. The van der Waals surface area contributed by atoms with Crippen LogP contribution in [0.1, 0.15) is 0 Å². The van der Waals surface area contributed by atoms with Gasteiger partial charge in [0.1, 0.15) is 6.23 Å². The Kier molecular flexibility index (Phi) is 2.92. The fourth-order valence-corrected chi connectivity index (χ4v) is 0.981. The largest absolute Gasteiger partial charge is 0.524 e. The van der Waals surface area contributed by atoms with Gasteiger partial charge in [0.15, 0.2) is 0 Å². The molecule has 12 heavy (non-hydrogen) atoms. The molecular weight excluding hydrogens is 173 g/mol. The van der Waals surface area contributed by atoms with Gasteiger partial charge in [-0.3, -0.25) is 15.0 Å². The summed E-state index contributed by atoms with van der Waals surface area (Å²) in [5.41, 5.74) is 0. The zero-order valence-electron chi connectivity index (χ0n) is 6.56. The van der Waals surface area contributed by atoms with Crippen LogP contribution in [0.15, 0.2) is 0 Å². The van der Waals surface area contributed by atoms with Gasteiger partial charge in [0.25, 0.3) is 0 Å². The molecule has 1 aliphatic rings. The monoisotopic (exact) mass is 183 g/mol. The summed E-state index contributed by atoms with van der Waals surface area (Å²) in [4.78, 5) is 1.66. The van der Waals surface area contributed by atoms with E-state index < -0.39 is 12.6 Å². The van der Waals surface area contributed by atoms with E-state index in [1.165, 1.54) is 0 Å². The van der Waals surface area contributed by atoms with E-state index in [4.69, 9.17) is 0 Å². The number of hydrogen-bond acceptors (Lipinski definition) is 3. The van der Waals surface area contributed by atoms with Crippen LogP contribution in [0.25, 0.3) is 0 Å². The van der Waals surface area contributed by atoms with Crippen molar-refractivity contribution < 1.29 is 17.9 Å². The summed E-state index contributed by atoms with van der Waals surface area (Å²) in [6.45, 7) is 2.37. The summed E-state index contributed by atoms with van der Waals surface area (Å²) in [6, 6.07) is 0. The maximum absolute atomic E-state index is 11.7. The third-order valence-corrected chi connectivity index (χ3v) is 1.48. The van der Waals surface area contributed by atoms with Crippen molar-refractivity contribution in [1.29, 1.82) is 0 Å². The summed E-state index contributed by atoms with van der Waals surface area (Å²) in [7, 11) is 1.70. The quantitative estimate of drug-likeness (QED) is 0.642. The Balaban J connectivity index is 2.32. The van der Waals surface area contributed by atoms with Crippen LogP contribution in [0.2, 0.25) is 0 Å². The van der Waals surface area contributed by atoms with Crippen LogP contribution in [-0.2, 0) is 4.74 Å². The third-order valence-electron chi connectivity index (χ3n) is 1.48. The highest BCUT2D eigenvalue weighted by Gasteiger charge is 2.34. The van der Waals surface area contributed by atoms with Crippen molar-refractivity contribution in [2.75, 3.05) is 20.1 Å². The first-order valence-corrected chi connectivity index (χ1v) is 3.49. The lowest BCUT2D eigenvalue weighted by Gasteiger charge is -2.30. The van der Waals surface area contributed by atoms with Gasteiger partial charge in [0, 0.05) is 19.6 Å². The molecule has 0 aromatic heterocycles. The van der Waals surface area contributed by atoms with Gasteiger partial charge in [0.2, 0.25) is 0 Å². The molecule has 1 heterocycles. The normalized spacial score (nSPS) is 27.5. The molecule has 1 unspecified atom stereocenters. The Morgan fingerprint density at radius 3 is 2.75 bits per heavy atom. The topological polar surface area (TPSA) is 24.5 Å². The molecule has 1 atom stereocenters. The Morgan fingerprint density at radius 2 is 2.25 bits per heavy atom. The van der Waals surface area contributed by atoms with Gasteiger partial charge < -0.3 is 0 Å². The molecule has 0 spiro atoms. The minimum absolute atomic E-state index is 0.208. The fourth-order valence-electron chi connectivity index (χ4n) is 0.981. The molecule has 0 bridgehead atoms. The van der Waals surface area contributed by atoms with E-state index in [2.05, 4.69) is 10.1 Å². The van der Waals surface area contributed by atoms with Gasteiger partial charge in [-0.1, -0.05) is 0 Å². The second-order valence-corrected chi connectivity index (χ2v) is 2.58. The van der Waals surface area contributed by atoms with Crippen molar-refractivity contribution in [1.82, 2.24) is 10.2 Å². The second-order valence-electron chi connectivity index (χ2n) is 2.58. The number of alkyl halides is 3. The molecule has 0 aromatic carbocycles. The van der Waals surface area contributed by atoms with Gasteiger partial charge in [-0.15, -0.1) is 13.2 Å². The van der Waals surface area contributed by atoms with E-state index in [9.17, 15) is 13.2 Å². The van der Waals surface area contributed by atoms with Crippen LogP contribution < -0.4 is 5.32 Å². The zero-order valence-corrected chi connectivity index (χ0v) is 6.56. The molecule has 1 rings (SSSR count). The van der Waals surface area contributed by atoms with Crippen molar-refractivity contribution in [2.45, 2.75) is 12.6 Å². The molecule has 71 valence electrons. The van der Waals surface area contributed by atoms with E-state index in [1.807, 2.05) is 0 Å². The van der Waals surface area contributed by atoms with Crippen LogP contribution in [0.4, 0.5) is 13.2 Å². The van der Waals surface area contributed by atoms with Crippen molar-refractivity contribution in [3.8, 4) is 0 Å². The minimum atomic E-state index is -4.56. The molecule has 0 aliphatic carbocycles. The Hall–Kier alpha value is -0.330. The summed E-state index contributed by atoms with van der Waals surface area (Å²) in [5.74, 6) is 0. The molecule has 1 aliphatic heterocycles. The van der Waals surface area contributed by atoms with E-state index in [0.29, 0.717) is 6.54 Å². The predicted octanol–water partition coefficient (Wildman–Crippen LogP) is 0.546. The lowest BCUT2D eigenvalue weighted by Crippen LogP contribution is -2.49. The highest BCUT2D eigenvalue weighted by atomic mass is 19.4. The standard InChI is InChI=1S/C6H10F3N2O/c1-11-3-2-10-5(4-11)12-6(7,8)9/h3,5,10H,2,4H2,1H3. The van der Waals surface area contributed by atoms with Gasteiger partial charge in [-0.2, -0.15) is 0 Å². The summed E-state index contributed by atoms with van der Waals surface area (Å²) < 4.78 is 38.8. The maximum Gasteiger partial charge on any atom is 0.524 e. The van der Waals surface area contributed by atoms with Crippen LogP contribution >= 0.6 is 0 Å². The van der Waals surface area contributed by atoms with Gasteiger partial charge >= 0.3 is 6.36 Å². The predicted molar refractivity (Wildman–Crippen MR) is 35.9 cm³/mol. The lowest BCUT2D eigenvalue weighted by atomic mass is 10.4. The molecule has 0 aromatic rings. The van der Waals surface area contributed by atoms with Crippen molar-refractivity contribution in [2.24, 2.45) is 0 Å². The SMILES string of the molecule is CN1[CH]CNC(OC(F)(F)F)C1. The van der Waals surface area contributed by atoms with Gasteiger partial charge in [0.05, 0.1) is 0 Å². The van der Waals surface area contributed by atoms with Crippen LogP contribution in [-0.4, -0.2) is 37.6 Å². The second kappa shape index (κ2) is 3.59. The number of likely N-dealkylation sites (N-methyl/N-ethyl adjacent to an activating group) is 1. The minimum Gasteiger partial charge on any atom is -0.297 e. The van der Waals surface area contributed by atoms with E-state index in [0.717, 1.165) is 0 Å². The number of nitrogens with zero attached hydrogens (tertiary/aromatic N) is 1. The molecule has 6 heteroatoms. The molecule has 3 nitrogen and oxygen atoms in total. The maximum atomic E-state index is 11.7. The first-order chi connectivity index (χ1) is 5.47. The number of halogens is 3. The highest BCUT2D eigenvalue weighted by molar-refractivity contribution is 4.78. The van der Waals surface area contributed by atoms with Gasteiger partial charge in [-0.05, 0) is 7.05 Å². The molecular formula is C6H10F3N2O. The smallest absolute Gasteiger partial charge is 0.297 e. The fraction of sp³-hybridized carbons (Fsp3) is 0.833. The summed E-state index contributed by atoms with van der Waals surface area (Å²) >= 11 is 0. The Labute approximate surface area is 68.5 Å². The van der Waals surface area contributed by atoms with E-state index in [1.54, 1.807) is 18.5 Å². The van der Waals surface area contributed by atoms with E-state index >= 15 is 0 Å². The number of piperazine rings is 1. The Bertz CT molecular complexity index is 150. The zero-order chi connectivity index (χ0) is 9.19. The summed E-state index contributed by atoms with van der Waals surface area (Å²) in [5, 5.41) is 2.57. The van der Waals surface area contributed by atoms with Crippen LogP contribution in [0.5, 0.6) is 0 Å². The molecule has 0 saturated carbocycles. The molecule has 0 amide bonds. The average molecular weight is 183 g/mol. The number of hydrogen-bond donors (Lipinski definition) is 1. The average Bonchev–Trinajstić information content (AvgIpc) is 1.82. The number of ether oxygens (including phenoxy) is 1. The van der Waals surface area contributed by atoms with E-state index in [-0.39, 0.29) is 6.54 Å². The first-order valence-electron chi connectivity index (χ1n) is 3.49. The molecule has 1 radical (unpaired) electrons. The number of rotatable bonds is 1. The lowest BCUT2D eigenvalue weighted by molar-refractivity contribution is -0.348. The van der Waals surface area contributed by atoms with Crippen LogP contribution in [0.3, 0.4) is 0 Å². The Morgan fingerprint density at radius 1 is 1.58 bits per heavy atom. The van der Waals surface area contributed by atoms with Crippen molar-refractivity contribution >= 4 is 0 Å². The van der Waals surface area contributed by atoms with Gasteiger partial charge in [-0.25, -0.2) is 0 Å². The molecule has 1 fully saturated rings. The van der Waals surface area contributed by atoms with Crippen LogP contribution in [0, 0.1) is 6.54 Å². The highest BCUT2D eigenvalue weighted by Crippen LogP contribution is 2.19. The molecule has 1 saturated heterocycles. The number of nitrogens with one attached hydrogen (secondary N) is 1. The van der Waals surface area contributed by atoms with Crippen molar-refractivity contribution in [3.63, 3.8) is 0 Å².